The minimum atomic E-state index is -0.899. The van der Waals surface area contributed by atoms with Crippen LogP contribution in [0.5, 0.6) is 0 Å². The predicted molar refractivity (Wildman–Crippen MR) is 95.3 cm³/mol. The lowest BCUT2D eigenvalue weighted by Gasteiger charge is -2.43. The standard InChI is InChI=1S/C17H23N5O2S/c1-11-9-19-16(25-11)20-14(23)10-22-12-3-4-13(22)8-17(24,7-12)15-18-5-6-21(15)2/h5-6,9,12-13,24H,3-4,7-8,10H2,1-2H3,(H,19,20,23)/t12-,13-/m0/s1. The molecule has 0 aromatic carbocycles. The fourth-order valence-electron chi connectivity index (χ4n) is 4.31. The van der Waals surface area contributed by atoms with Crippen molar-refractivity contribution < 1.29 is 9.90 Å². The van der Waals surface area contributed by atoms with Gasteiger partial charge in [-0.25, -0.2) is 9.97 Å². The molecule has 0 saturated carbocycles. The minimum Gasteiger partial charge on any atom is -0.382 e. The maximum atomic E-state index is 12.4. The maximum Gasteiger partial charge on any atom is 0.240 e. The molecule has 2 atom stereocenters. The summed E-state index contributed by atoms with van der Waals surface area (Å²) in [5, 5.41) is 14.7. The summed E-state index contributed by atoms with van der Waals surface area (Å²) in [7, 11) is 1.91. The lowest BCUT2D eigenvalue weighted by Crippen LogP contribution is -2.52. The number of nitrogens with one attached hydrogen (secondary N) is 1. The quantitative estimate of drug-likeness (QED) is 0.865. The number of hydrogen-bond acceptors (Lipinski definition) is 6. The zero-order valence-corrected chi connectivity index (χ0v) is 15.3. The van der Waals surface area contributed by atoms with Crippen molar-refractivity contribution in [2.75, 3.05) is 11.9 Å². The van der Waals surface area contributed by atoms with Gasteiger partial charge in [0.25, 0.3) is 0 Å². The van der Waals surface area contributed by atoms with Crippen molar-refractivity contribution in [3.8, 4) is 0 Å². The average Bonchev–Trinajstić information content (AvgIpc) is 3.21. The molecular formula is C17H23N5O2S. The summed E-state index contributed by atoms with van der Waals surface area (Å²) in [5.74, 6) is 0.695. The van der Waals surface area contributed by atoms with E-state index in [1.54, 1.807) is 12.4 Å². The Labute approximate surface area is 150 Å². The van der Waals surface area contributed by atoms with Crippen LogP contribution in [-0.2, 0) is 17.4 Å². The Morgan fingerprint density at radius 2 is 2.12 bits per heavy atom. The van der Waals surface area contributed by atoms with E-state index >= 15 is 0 Å². The number of piperidine rings is 1. The molecule has 2 aliphatic rings. The average molecular weight is 361 g/mol. The highest BCUT2D eigenvalue weighted by Gasteiger charge is 2.50. The van der Waals surface area contributed by atoms with Gasteiger partial charge in [-0.1, -0.05) is 0 Å². The summed E-state index contributed by atoms with van der Waals surface area (Å²) < 4.78 is 1.90. The Morgan fingerprint density at radius 3 is 2.68 bits per heavy atom. The Hall–Kier alpha value is -1.77. The largest absolute Gasteiger partial charge is 0.382 e. The molecule has 8 heteroatoms. The van der Waals surface area contributed by atoms with Crippen LogP contribution in [0.2, 0.25) is 0 Å². The second-order valence-corrected chi connectivity index (χ2v) is 8.42. The second-order valence-electron chi connectivity index (χ2n) is 7.18. The van der Waals surface area contributed by atoms with E-state index in [0.717, 1.165) is 23.5 Å². The Bertz CT molecular complexity index is 772. The monoisotopic (exact) mass is 361 g/mol. The number of carbonyl (C=O) groups excluding carboxylic acids is 1. The van der Waals surface area contributed by atoms with E-state index in [9.17, 15) is 9.90 Å². The maximum absolute atomic E-state index is 12.4. The minimum absolute atomic E-state index is 0.0336. The molecule has 2 saturated heterocycles. The normalized spacial score (nSPS) is 29.1. The van der Waals surface area contributed by atoms with Crippen molar-refractivity contribution >= 4 is 22.4 Å². The predicted octanol–water partition coefficient (Wildman–Crippen LogP) is 1.64. The molecule has 0 spiro atoms. The van der Waals surface area contributed by atoms with Crippen molar-refractivity contribution in [2.45, 2.75) is 50.3 Å². The Balaban J connectivity index is 1.44. The molecule has 2 N–H and O–H groups in total. The number of thiazole rings is 1. The molecular weight excluding hydrogens is 338 g/mol. The first-order valence-electron chi connectivity index (χ1n) is 8.63. The van der Waals surface area contributed by atoms with Crippen molar-refractivity contribution in [1.29, 1.82) is 0 Å². The molecule has 2 aromatic heterocycles. The number of imidazole rings is 1. The van der Waals surface area contributed by atoms with Crippen LogP contribution in [0.15, 0.2) is 18.6 Å². The highest BCUT2D eigenvalue weighted by Crippen LogP contribution is 2.44. The summed E-state index contributed by atoms with van der Waals surface area (Å²) in [6, 6.07) is 0.425. The number of fused-ring (bicyclic) bond motifs is 2. The van der Waals surface area contributed by atoms with Crippen LogP contribution < -0.4 is 5.32 Å². The van der Waals surface area contributed by atoms with Gasteiger partial charge >= 0.3 is 0 Å². The molecule has 4 rings (SSSR count). The van der Waals surface area contributed by atoms with Crippen molar-refractivity contribution in [1.82, 2.24) is 19.4 Å². The molecule has 0 unspecified atom stereocenters. The van der Waals surface area contributed by atoms with Crippen LogP contribution in [-0.4, -0.2) is 49.1 Å². The summed E-state index contributed by atoms with van der Waals surface area (Å²) in [6.07, 6.45) is 8.63. The van der Waals surface area contributed by atoms with E-state index in [2.05, 4.69) is 20.2 Å². The molecule has 4 heterocycles. The molecule has 7 nitrogen and oxygen atoms in total. The van der Waals surface area contributed by atoms with E-state index in [1.165, 1.54) is 11.3 Å². The van der Waals surface area contributed by atoms with Crippen molar-refractivity contribution in [3.05, 3.63) is 29.3 Å². The van der Waals surface area contributed by atoms with Gasteiger partial charge in [0.1, 0.15) is 11.4 Å². The van der Waals surface area contributed by atoms with E-state index in [0.29, 0.717) is 24.5 Å². The van der Waals surface area contributed by atoms with Crippen molar-refractivity contribution in [3.63, 3.8) is 0 Å². The van der Waals surface area contributed by atoms with Crippen LogP contribution >= 0.6 is 11.3 Å². The number of aliphatic hydroxyl groups is 1. The van der Waals surface area contributed by atoms with Crippen LogP contribution in [0.4, 0.5) is 5.13 Å². The summed E-state index contributed by atoms with van der Waals surface area (Å²) >= 11 is 1.48. The zero-order valence-electron chi connectivity index (χ0n) is 14.5. The number of carbonyl (C=O) groups is 1. The number of hydrogen-bond donors (Lipinski definition) is 2. The molecule has 2 fully saturated rings. The van der Waals surface area contributed by atoms with Gasteiger partial charge in [0.05, 0.1) is 6.54 Å². The molecule has 1 amide bonds. The van der Waals surface area contributed by atoms with Gasteiger partial charge in [-0.2, -0.15) is 0 Å². The smallest absolute Gasteiger partial charge is 0.240 e. The molecule has 25 heavy (non-hydrogen) atoms. The van der Waals surface area contributed by atoms with Gasteiger partial charge in [0.2, 0.25) is 5.91 Å². The van der Waals surface area contributed by atoms with Crippen LogP contribution in [0.25, 0.3) is 0 Å². The molecule has 2 bridgehead atoms. The van der Waals surface area contributed by atoms with Gasteiger partial charge in [0.15, 0.2) is 5.13 Å². The van der Waals surface area contributed by atoms with E-state index in [1.807, 2.05) is 24.7 Å². The van der Waals surface area contributed by atoms with Crippen molar-refractivity contribution in [2.24, 2.45) is 7.05 Å². The third-order valence-corrected chi connectivity index (χ3v) is 6.18. The molecule has 0 aliphatic carbocycles. The topological polar surface area (TPSA) is 83.3 Å². The number of anilines is 1. The molecule has 2 aromatic rings. The van der Waals surface area contributed by atoms with Gasteiger partial charge in [0, 0.05) is 42.6 Å². The molecule has 0 radical (unpaired) electrons. The lowest BCUT2D eigenvalue weighted by atomic mass is 9.85. The third-order valence-electron chi connectivity index (χ3n) is 5.35. The van der Waals surface area contributed by atoms with E-state index in [4.69, 9.17) is 0 Å². The van der Waals surface area contributed by atoms with Gasteiger partial charge in [-0.15, -0.1) is 11.3 Å². The summed E-state index contributed by atoms with van der Waals surface area (Å²) in [6.45, 7) is 2.32. The first-order valence-corrected chi connectivity index (χ1v) is 9.44. The Morgan fingerprint density at radius 1 is 1.40 bits per heavy atom. The fourth-order valence-corrected chi connectivity index (χ4v) is 4.99. The summed E-state index contributed by atoms with van der Waals surface area (Å²) in [5.41, 5.74) is -0.899. The lowest BCUT2D eigenvalue weighted by molar-refractivity contribution is -0.121. The first-order chi connectivity index (χ1) is 11.9. The number of aryl methyl sites for hydroxylation is 2. The molecule has 134 valence electrons. The number of rotatable bonds is 4. The van der Waals surface area contributed by atoms with Crippen LogP contribution in [0.1, 0.15) is 36.4 Å². The van der Waals surface area contributed by atoms with Gasteiger partial charge < -0.3 is 15.0 Å². The van der Waals surface area contributed by atoms with E-state index in [-0.39, 0.29) is 18.0 Å². The third kappa shape index (κ3) is 3.09. The summed E-state index contributed by atoms with van der Waals surface area (Å²) in [4.78, 5) is 24.3. The number of aromatic nitrogens is 3. The number of nitrogens with zero attached hydrogens (tertiary/aromatic N) is 4. The molecule has 2 aliphatic heterocycles. The highest BCUT2D eigenvalue weighted by molar-refractivity contribution is 7.15. The number of amides is 1. The van der Waals surface area contributed by atoms with Crippen LogP contribution in [0, 0.1) is 6.92 Å². The van der Waals surface area contributed by atoms with Gasteiger partial charge in [-0.05, 0) is 32.6 Å². The zero-order chi connectivity index (χ0) is 17.6. The van der Waals surface area contributed by atoms with E-state index < -0.39 is 5.60 Å². The second kappa shape index (κ2) is 6.19. The SMILES string of the molecule is Cc1cnc(NC(=O)CN2[C@H]3CC[C@H]2CC(O)(c2nccn2C)C3)s1. The van der Waals surface area contributed by atoms with Crippen LogP contribution in [0.3, 0.4) is 0 Å². The van der Waals surface area contributed by atoms with Gasteiger partial charge in [-0.3, -0.25) is 9.69 Å². The first kappa shape index (κ1) is 16.7. The highest BCUT2D eigenvalue weighted by atomic mass is 32.1. The Kier molecular flexibility index (Phi) is 4.13. The fraction of sp³-hybridized carbons (Fsp3) is 0.588.